The van der Waals surface area contributed by atoms with Crippen LogP contribution in [0.1, 0.15) is 30.6 Å². The monoisotopic (exact) mass is 392 g/mol. The molecule has 0 saturated heterocycles. The average molecular weight is 394 g/mol. The van der Waals surface area contributed by atoms with E-state index < -0.39 is 0 Å². The van der Waals surface area contributed by atoms with E-state index in [1.807, 2.05) is 10.9 Å². The van der Waals surface area contributed by atoms with Gasteiger partial charge in [0, 0.05) is 6.54 Å². The third-order valence-corrected chi connectivity index (χ3v) is 4.76. The normalized spacial score (nSPS) is 12.9. The van der Waals surface area contributed by atoms with Crippen molar-refractivity contribution in [3.05, 3.63) is 37.2 Å². The van der Waals surface area contributed by atoms with Crippen molar-refractivity contribution in [3.63, 3.8) is 0 Å². The number of nitrogens with two attached hydrogens (primary N) is 1. The van der Waals surface area contributed by atoms with E-state index in [0.717, 1.165) is 32.5 Å². The quantitative estimate of drug-likeness (QED) is 0.604. The molecule has 0 saturated carbocycles. The van der Waals surface area contributed by atoms with Crippen LogP contribution in [0.25, 0.3) is 0 Å². The first-order valence-electron chi connectivity index (χ1n) is 5.58. The van der Waals surface area contributed by atoms with Crippen LogP contribution in [0.5, 0.6) is 0 Å². The van der Waals surface area contributed by atoms with Crippen LogP contribution < -0.4 is 11.3 Å². The number of thiophene rings is 1. The summed E-state index contributed by atoms with van der Waals surface area (Å²) < 4.78 is 4.05. The second-order valence-corrected chi connectivity index (χ2v) is 7.03. The molecule has 98 valence electrons. The molecule has 0 fully saturated rings. The molecule has 2 aromatic rings. The Morgan fingerprint density at radius 1 is 1.56 bits per heavy atom. The summed E-state index contributed by atoms with van der Waals surface area (Å²) in [6, 6.07) is 2.02. The Kier molecular flexibility index (Phi) is 4.97. The number of hydrazine groups is 1. The molecule has 0 aliphatic heterocycles. The number of aryl methyl sites for hydroxylation is 1. The third kappa shape index (κ3) is 2.85. The molecule has 0 aliphatic rings. The lowest BCUT2D eigenvalue weighted by Crippen LogP contribution is -2.30. The second kappa shape index (κ2) is 6.29. The van der Waals surface area contributed by atoms with E-state index in [1.165, 1.54) is 0 Å². The number of nitrogens with zero attached hydrogens (tertiary/aromatic N) is 2. The lowest BCUT2D eigenvalue weighted by molar-refractivity contribution is 0.520. The fourth-order valence-corrected chi connectivity index (χ4v) is 3.58. The molecule has 2 heterocycles. The van der Waals surface area contributed by atoms with Gasteiger partial charge in [-0.15, -0.1) is 11.3 Å². The van der Waals surface area contributed by atoms with E-state index >= 15 is 0 Å². The highest BCUT2D eigenvalue weighted by molar-refractivity contribution is 9.11. The zero-order valence-electron chi connectivity index (χ0n) is 9.86. The number of nitrogens with one attached hydrogen (secondary N) is 1. The van der Waals surface area contributed by atoms with Crippen LogP contribution in [0.3, 0.4) is 0 Å². The van der Waals surface area contributed by atoms with Gasteiger partial charge in [0.2, 0.25) is 0 Å². The zero-order chi connectivity index (χ0) is 13.1. The molecule has 7 heteroatoms. The first-order valence-corrected chi connectivity index (χ1v) is 8.05. The van der Waals surface area contributed by atoms with Gasteiger partial charge in [-0.1, -0.05) is 6.92 Å². The Morgan fingerprint density at radius 3 is 2.89 bits per heavy atom. The summed E-state index contributed by atoms with van der Waals surface area (Å²) in [5.74, 6) is 5.72. The van der Waals surface area contributed by atoms with Crippen LogP contribution >= 0.6 is 43.2 Å². The maximum absolute atomic E-state index is 5.72. The van der Waals surface area contributed by atoms with E-state index in [-0.39, 0.29) is 6.04 Å². The Hall–Kier alpha value is -0.210. The van der Waals surface area contributed by atoms with Crippen molar-refractivity contribution in [2.75, 3.05) is 0 Å². The summed E-state index contributed by atoms with van der Waals surface area (Å²) in [4.78, 5) is 0. The lowest BCUT2D eigenvalue weighted by atomic mass is 10.1. The molecule has 18 heavy (non-hydrogen) atoms. The summed E-state index contributed by atoms with van der Waals surface area (Å²) in [5.41, 5.74) is 5.06. The second-order valence-electron chi connectivity index (χ2n) is 3.88. The van der Waals surface area contributed by atoms with Crippen LogP contribution in [0, 0.1) is 0 Å². The van der Waals surface area contributed by atoms with Gasteiger partial charge in [-0.3, -0.25) is 10.5 Å². The number of aromatic nitrogens is 2. The summed E-state index contributed by atoms with van der Waals surface area (Å²) in [6.07, 6.45) is 2.85. The van der Waals surface area contributed by atoms with Gasteiger partial charge < -0.3 is 0 Å². The van der Waals surface area contributed by atoms with E-state index in [2.05, 4.69) is 60.8 Å². The van der Waals surface area contributed by atoms with E-state index in [0.29, 0.717) is 0 Å². The molecule has 0 radical (unpaired) electrons. The van der Waals surface area contributed by atoms with Crippen LogP contribution in [0.4, 0.5) is 0 Å². The molecule has 0 aliphatic carbocycles. The number of rotatable bonds is 5. The Labute approximate surface area is 127 Å². The molecule has 1 atom stereocenters. The van der Waals surface area contributed by atoms with Crippen molar-refractivity contribution in [1.29, 1.82) is 0 Å². The van der Waals surface area contributed by atoms with E-state index in [4.69, 9.17) is 5.84 Å². The third-order valence-electron chi connectivity index (χ3n) is 2.63. The molecule has 0 aromatic carbocycles. The van der Waals surface area contributed by atoms with Crippen molar-refractivity contribution in [3.8, 4) is 0 Å². The summed E-state index contributed by atoms with van der Waals surface area (Å²) >= 11 is 8.67. The molecule has 4 nitrogen and oxygen atoms in total. The Bertz CT molecular complexity index is 523. The maximum atomic E-state index is 5.72. The molecule has 0 bridgehead atoms. The molecular formula is C11H14Br2N4S. The first kappa shape index (κ1) is 14.2. The summed E-state index contributed by atoms with van der Waals surface area (Å²) in [6.45, 7) is 3.01. The van der Waals surface area contributed by atoms with Gasteiger partial charge in [0.1, 0.15) is 0 Å². The van der Waals surface area contributed by atoms with Crippen LogP contribution in [-0.4, -0.2) is 9.78 Å². The molecule has 0 amide bonds. The highest BCUT2D eigenvalue weighted by Crippen LogP contribution is 2.32. The standard InChI is InChI=1S/C11H14Br2N4S/c1-2-3-17-11(8(12)5-15-17)10(16-14)7-4-9(13)18-6-7/h4-6,10,16H,2-3,14H2,1H3. The van der Waals surface area contributed by atoms with Gasteiger partial charge in [-0.25, -0.2) is 5.43 Å². The van der Waals surface area contributed by atoms with Crippen molar-refractivity contribution < 1.29 is 0 Å². The maximum Gasteiger partial charge on any atom is 0.0898 e. The van der Waals surface area contributed by atoms with Gasteiger partial charge in [-0.05, 0) is 55.3 Å². The predicted molar refractivity (Wildman–Crippen MR) is 81.4 cm³/mol. The highest BCUT2D eigenvalue weighted by atomic mass is 79.9. The van der Waals surface area contributed by atoms with Crippen molar-refractivity contribution in [2.24, 2.45) is 5.84 Å². The molecule has 2 rings (SSSR count). The largest absolute Gasteiger partial charge is 0.271 e. The van der Waals surface area contributed by atoms with Gasteiger partial charge in [-0.2, -0.15) is 5.10 Å². The van der Waals surface area contributed by atoms with E-state index in [9.17, 15) is 0 Å². The smallest absolute Gasteiger partial charge is 0.0898 e. The summed E-state index contributed by atoms with van der Waals surface area (Å²) in [7, 11) is 0. The Balaban J connectivity index is 2.41. The first-order chi connectivity index (χ1) is 8.67. The van der Waals surface area contributed by atoms with Crippen molar-refractivity contribution in [2.45, 2.75) is 25.9 Å². The topological polar surface area (TPSA) is 55.9 Å². The van der Waals surface area contributed by atoms with Crippen LogP contribution in [0.15, 0.2) is 25.9 Å². The molecule has 3 N–H and O–H groups in total. The van der Waals surface area contributed by atoms with Gasteiger partial charge in [0.15, 0.2) is 0 Å². The van der Waals surface area contributed by atoms with Crippen LogP contribution in [0.2, 0.25) is 0 Å². The minimum absolute atomic E-state index is 0.0593. The van der Waals surface area contributed by atoms with Crippen LogP contribution in [-0.2, 0) is 6.54 Å². The Morgan fingerprint density at radius 2 is 2.33 bits per heavy atom. The van der Waals surface area contributed by atoms with Gasteiger partial charge >= 0.3 is 0 Å². The number of hydrogen-bond acceptors (Lipinski definition) is 4. The fourth-order valence-electron chi connectivity index (χ4n) is 1.86. The minimum Gasteiger partial charge on any atom is -0.271 e. The summed E-state index contributed by atoms with van der Waals surface area (Å²) in [5, 5.41) is 6.46. The lowest BCUT2D eigenvalue weighted by Gasteiger charge is -2.17. The predicted octanol–water partition coefficient (Wildman–Crippen LogP) is 3.43. The van der Waals surface area contributed by atoms with Crippen molar-refractivity contribution in [1.82, 2.24) is 15.2 Å². The SMILES string of the molecule is CCCn1ncc(Br)c1C(NN)c1csc(Br)c1. The average Bonchev–Trinajstić information content (AvgIpc) is 2.91. The van der Waals surface area contributed by atoms with Gasteiger partial charge in [0.05, 0.1) is 26.2 Å². The molecule has 1 unspecified atom stereocenters. The number of hydrogen-bond donors (Lipinski definition) is 2. The molecule has 2 aromatic heterocycles. The molecular weight excluding hydrogens is 380 g/mol. The zero-order valence-corrected chi connectivity index (χ0v) is 13.8. The van der Waals surface area contributed by atoms with Crippen molar-refractivity contribution >= 4 is 43.2 Å². The number of halogens is 2. The van der Waals surface area contributed by atoms with Gasteiger partial charge in [0.25, 0.3) is 0 Å². The van der Waals surface area contributed by atoms with E-state index in [1.54, 1.807) is 11.3 Å². The minimum atomic E-state index is -0.0593. The molecule has 0 spiro atoms. The fraction of sp³-hybridized carbons (Fsp3) is 0.364. The highest BCUT2D eigenvalue weighted by Gasteiger charge is 2.21.